The summed E-state index contributed by atoms with van der Waals surface area (Å²) >= 11 is 1.33. The first-order valence-electron chi connectivity index (χ1n) is 6.15. The second-order valence-electron chi connectivity index (χ2n) is 4.22. The Balaban J connectivity index is 2.21. The van der Waals surface area contributed by atoms with Crippen molar-refractivity contribution < 1.29 is 18.7 Å². The van der Waals surface area contributed by atoms with Gasteiger partial charge in [0, 0.05) is 4.88 Å². The minimum absolute atomic E-state index is 0.294. The Bertz CT molecular complexity index is 641. The Labute approximate surface area is 120 Å². The van der Waals surface area contributed by atoms with Crippen LogP contribution in [0, 0.1) is 13.8 Å². The molecule has 2 aromatic heterocycles. The zero-order valence-electron chi connectivity index (χ0n) is 11.5. The molecule has 0 radical (unpaired) electrons. The lowest BCUT2D eigenvalue weighted by molar-refractivity contribution is 0.0528. The molecule has 0 unspecified atom stereocenters. The predicted molar refractivity (Wildman–Crippen MR) is 76.4 cm³/mol. The van der Waals surface area contributed by atoms with Crippen molar-refractivity contribution in [3.63, 3.8) is 0 Å². The van der Waals surface area contributed by atoms with Crippen LogP contribution in [-0.2, 0) is 4.74 Å². The van der Waals surface area contributed by atoms with Gasteiger partial charge in [-0.15, -0.1) is 11.3 Å². The Morgan fingerprint density at radius 2 is 2.10 bits per heavy atom. The summed E-state index contributed by atoms with van der Waals surface area (Å²) in [6.45, 7) is 5.66. The zero-order chi connectivity index (χ0) is 14.7. The third-order valence-corrected chi connectivity index (χ3v) is 3.54. The van der Waals surface area contributed by atoms with E-state index in [4.69, 9.17) is 9.15 Å². The van der Waals surface area contributed by atoms with Crippen molar-refractivity contribution in [2.45, 2.75) is 20.8 Å². The second-order valence-corrected chi connectivity index (χ2v) is 5.48. The Hall–Kier alpha value is -2.08. The third-order valence-electron chi connectivity index (χ3n) is 2.57. The molecule has 0 spiro atoms. The summed E-state index contributed by atoms with van der Waals surface area (Å²) in [7, 11) is 0. The number of anilines is 1. The van der Waals surface area contributed by atoms with Gasteiger partial charge in [0.05, 0.1) is 17.7 Å². The average Bonchev–Trinajstić information content (AvgIpc) is 2.96. The van der Waals surface area contributed by atoms with Gasteiger partial charge in [-0.2, -0.15) is 0 Å². The second kappa shape index (κ2) is 5.92. The largest absolute Gasteiger partial charge is 0.469 e. The quantitative estimate of drug-likeness (QED) is 0.877. The summed E-state index contributed by atoms with van der Waals surface area (Å²) in [6.07, 6.45) is 1.38. The van der Waals surface area contributed by atoms with Gasteiger partial charge in [-0.3, -0.25) is 4.79 Å². The van der Waals surface area contributed by atoms with E-state index in [1.165, 1.54) is 17.6 Å². The van der Waals surface area contributed by atoms with Gasteiger partial charge >= 0.3 is 5.97 Å². The van der Waals surface area contributed by atoms with Crippen LogP contribution >= 0.6 is 11.3 Å². The number of carbonyl (C=O) groups is 2. The molecule has 2 heterocycles. The lowest BCUT2D eigenvalue weighted by Gasteiger charge is -2.04. The van der Waals surface area contributed by atoms with Crippen LogP contribution in [0.2, 0.25) is 0 Å². The molecule has 106 valence electrons. The summed E-state index contributed by atoms with van der Waals surface area (Å²) in [6, 6.07) is 3.35. The van der Waals surface area contributed by atoms with Crippen LogP contribution < -0.4 is 5.32 Å². The van der Waals surface area contributed by atoms with Crippen molar-refractivity contribution in [1.82, 2.24) is 0 Å². The lowest BCUT2D eigenvalue weighted by atomic mass is 10.2. The molecule has 6 heteroatoms. The average molecular weight is 293 g/mol. The molecule has 0 saturated carbocycles. The SMILES string of the molecule is CCOC(=O)c1cc(C)sc1NC(=O)c1coc(C)c1. The van der Waals surface area contributed by atoms with E-state index in [1.54, 1.807) is 26.0 Å². The molecule has 1 N–H and O–H groups in total. The van der Waals surface area contributed by atoms with Gasteiger partial charge in [-0.25, -0.2) is 4.79 Å². The summed E-state index contributed by atoms with van der Waals surface area (Å²) in [5.74, 6) is -0.0899. The fraction of sp³-hybridized carbons (Fsp3) is 0.286. The first-order chi connectivity index (χ1) is 9.51. The minimum atomic E-state index is -0.435. The topological polar surface area (TPSA) is 68.5 Å². The molecule has 0 saturated heterocycles. The van der Waals surface area contributed by atoms with Crippen LogP contribution in [0.1, 0.15) is 38.3 Å². The normalized spacial score (nSPS) is 10.3. The number of ether oxygens (including phenoxy) is 1. The van der Waals surface area contributed by atoms with Crippen molar-refractivity contribution in [2.24, 2.45) is 0 Å². The number of nitrogens with one attached hydrogen (secondary N) is 1. The molecule has 0 aromatic carbocycles. The summed E-state index contributed by atoms with van der Waals surface area (Å²) in [5, 5.41) is 3.21. The smallest absolute Gasteiger partial charge is 0.341 e. The van der Waals surface area contributed by atoms with Gasteiger partial charge in [-0.05, 0) is 32.9 Å². The highest BCUT2D eigenvalue weighted by Crippen LogP contribution is 2.28. The highest BCUT2D eigenvalue weighted by atomic mass is 32.1. The van der Waals surface area contributed by atoms with Crippen molar-refractivity contribution in [3.8, 4) is 0 Å². The zero-order valence-corrected chi connectivity index (χ0v) is 12.3. The summed E-state index contributed by atoms with van der Waals surface area (Å²) in [5.41, 5.74) is 0.797. The van der Waals surface area contributed by atoms with E-state index in [-0.39, 0.29) is 5.91 Å². The van der Waals surface area contributed by atoms with Crippen LogP contribution in [-0.4, -0.2) is 18.5 Å². The maximum atomic E-state index is 12.1. The molecule has 0 bridgehead atoms. The van der Waals surface area contributed by atoms with E-state index in [2.05, 4.69) is 5.32 Å². The maximum Gasteiger partial charge on any atom is 0.341 e. The van der Waals surface area contributed by atoms with Crippen LogP contribution in [0.4, 0.5) is 5.00 Å². The lowest BCUT2D eigenvalue weighted by Crippen LogP contribution is -2.13. The van der Waals surface area contributed by atoms with Gasteiger partial charge in [0.2, 0.25) is 0 Å². The molecule has 2 rings (SSSR count). The van der Waals surface area contributed by atoms with E-state index in [9.17, 15) is 9.59 Å². The van der Waals surface area contributed by atoms with E-state index in [1.807, 2.05) is 6.92 Å². The molecule has 0 atom stereocenters. The van der Waals surface area contributed by atoms with Crippen LogP contribution in [0.15, 0.2) is 22.8 Å². The van der Waals surface area contributed by atoms with Gasteiger partial charge in [0.1, 0.15) is 17.0 Å². The number of furan rings is 1. The van der Waals surface area contributed by atoms with Gasteiger partial charge in [0.15, 0.2) is 0 Å². The van der Waals surface area contributed by atoms with Gasteiger partial charge < -0.3 is 14.5 Å². The Morgan fingerprint density at radius 1 is 1.35 bits per heavy atom. The van der Waals surface area contributed by atoms with E-state index < -0.39 is 5.97 Å². The molecule has 0 aliphatic carbocycles. The van der Waals surface area contributed by atoms with Crippen LogP contribution in [0.25, 0.3) is 0 Å². The fourth-order valence-electron chi connectivity index (χ4n) is 1.71. The number of carbonyl (C=O) groups excluding carboxylic acids is 2. The molecule has 2 aromatic rings. The maximum absolute atomic E-state index is 12.1. The molecule has 0 aliphatic heterocycles. The molecule has 1 amide bonds. The van der Waals surface area contributed by atoms with Gasteiger partial charge in [-0.1, -0.05) is 0 Å². The van der Waals surface area contributed by atoms with Crippen molar-refractivity contribution in [1.29, 1.82) is 0 Å². The molecule has 20 heavy (non-hydrogen) atoms. The number of esters is 1. The molecular formula is C14H15NO4S. The number of aryl methyl sites for hydroxylation is 2. The minimum Gasteiger partial charge on any atom is -0.469 e. The van der Waals surface area contributed by atoms with Crippen LogP contribution in [0.5, 0.6) is 0 Å². The van der Waals surface area contributed by atoms with Crippen molar-refractivity contribution in [3.05, 3.63) is 40.2 Å². The third kappa shape index (κ3) is 3.08. The number of rotatable bonds is 4. The highest BCUT2D eigenvalue weighted by molar-refractivity contribution is 7.16. The van der Waals surface area contributed by atoms with E-state index >= 15 is 0 Å². The number of amides is 1. The predicted octanol–water partition coefficient (Wildman–Crippen LogP) is 3.39. The number of thiophene rings is 1. The summed E-state index contributed by atoms with van der Waals surface area (Å²) in [4.78, 5) is 24.8. The molecule has 0 aliphatic rings. The summed E-state index contributed by atoms with van der Waals surface area (Å²) < 4.78 is 10.1. The molecule has 0 fully saturated rings. The van der Waals surface area contributed by atoms with Crippen molar-refractivity contribution in [2.75, 3.05) is 11.9 Å². The monoisotopic (exact) mass is 293 g/mol. The molecule has 5 nitrogen and oxygen atoms in total. The van der Waals surface area contributed by atoms with Crippen molar-refractivity contribution >= 4 is 28.2 Å². The Kier molecular flexibility index (Phi) is 4.24. The molecular weight excluding hydrogens is 278 g/mol. The number of hydrogen-bond acceptors (Lipinski definition) is 5. The van der Waals surface area contributed by atoms with Crippen LogP contribution in [0.3, 0.4) is 0 Å². The van der Waals surface area contributed by atoms with E-state index in [0.29, 0.717) is 28.5 Å². The Morgan fingerprint density at radius 3 is 2.70 bits per heavy atom. The first kappa shape index (κ1) is 14.3. The first-order valence-corrected chi connectivity index (χ1v) is 6.97. The van der Waals surface area contributed by atoms with E-state index in [0.717, 1.165) is 4.88 Å². The fourth-order valence-corrected chi connectivity index (χ4v) is 2.60. The number of hydrogen-bond donors (Lipinski definition) is 1. The van der Waals surface area contributed by atoms with Gasteiger partial charge in [0.25, 0.3) is 5.91 Å². The highest BCUT2D eigenvalue weighted by Gasteiger charge is 2.19. The standard InChI is InChI=1S/C14H15NO4S/c1-4-18-14(17)11-6-9(3)20-13(11)15-12(16)10-5-8(2)19-7-10/h5-7H,4H2,1-3H3,(H,15,16).